The van der Waals surface area contributed by atoms with Crippen LogP contribution in [0.5, 0.6) is 17.2 Å². The highest BCUT2D eigenvalue weighted by Crippen LogP contribution is 2.24. The summed E-state index contributed by atoms with van der Waals surface area (Å²) in [6.07, 6.45) is 3.34. The number of carbonyl (C=O) groups excluding carboxylic acids is 1. The third-order valence-electron chi connectivity index (χ3n) is 4.30. The minimum atomic E-state index is -0.0737. The number of benzene rings is 3. The van der Waals surface area contributed by atoms with Gasteiger partial charge in [0.05, 0.1) is 14.2 Å². The zero-order valence-electron chi connectivity index (χ0n) is 16.2. The molecule has 0 saturated heterocycles. The fourth-order valence-electron chi connectivity index (χ4n) is 2.76. The van der Waals surface area contributed by atoms with Gasteiger partial charge in [0, 0.05) is 15.6 Å². The third kappa shape index (κ3) is 5.72. The first-order valence-corrected chi connectivity index (χ1v) is 9.80. The van der Waals surface area contributed by atoms with Gasteiger partial charge in [0.25, 0.3) is 0 Å². The number of hydrogen-bond acceptors (Lipinski definition) is 4. The van der Waals surface area contributed by atoms with Gasteiger partial charge in [-0.05, 0) is 66.2 Å². The lowest BCUT2D eigenvalue weighted by molar-refractivity contribution is 0.104. The van der Waals surface area contributed by atoms with Crippen LogP contribution in [0.2, 0.25) is 0 Å². The number of methoxy groups -OCH3 is 2. The minimum Gasteiger partial charge on any atom is -0.497 e. The summed E-state index contributed by atoms with van der Waals surface area (Å²) in [5.41, 5.74) is 2.39. The van der Waals surface area contributed by atoms with Gasteiger partial charge in [-0.3, -0.25) is 4.79 Å². The van der Waals surface area contributed by atoms with Crippen molar-refractivity contribution in [2.24, 2.45) is 0 Å². The molecule has 0 aliphatic heterocycles. The van der Waals surface area contributed by atoms with E-state index in [1.807, 2.05) is 42.5 Å². The van der Waals surface area contributed by atoms with E-state index in [1.54, 1.807) is 50.6 Å². The number of carbonyl (C=O) groups is 1. The van der Waals surface area contributed by atoms with Crippen LogP contribution in [0.1, 0.15) is 21.5 Å². The maximum absolute atomic E-state index is 12.4. The van der Waals surface area contributed by atoms with Gasteiger partial charge in [-0.25, -0.2) is 0 Å². The van der Waals surface area contributed by atoms with Crippen LogP contribution in [-0.4, -0.2) is 20.0 Å². The lowest BCUT2D eigenvalue weighted by Crippen LogP contribution is -1.99. The summed E-state index contributed by atoms with van der Waals surface area (Å²) < 4.78 is 17.4. The summed E-state index contributed by atoms with van der Waals surface area (Å²) in [5.74, 6) is 2.14. The quantitative estimate of drug-likeness (QED) is 0.313. The number of hydrogen-bond donors (Lipinski definition) is 0. The minimum absolute atomic E-state index is 0.0737. The number of ketones is 1. The molecule has 3 aromatic rings. The van der Waals surface area contributed by atoms with Gasteiger partial charge in [0.15, 0.2) is 5.78 Å². The molecular weight excluding hydrogens is 432 g/mol. The predicted octanol–water partition coefficient (Wildman–Crippen LogP) is 5.94. The molecule has 0 amide bonds. The van der Waals surface area contributed by atoms with Gasteiger partial charge in [-0.2, -0.15) is 0 Å². The highest BCUT2D eigenvalue weighted by Gasteiger charge is 2.07. The zero-order valence-corrected chi connectivity index (χ0v) is 17.8. The van der Waals surface area contributed by atoms with Crippen molar-refractivity contribution in [1.29, 1.82) is 0 Å². The number of allylic oxidation sites excluding steroid dienone is 1. The smallest absolute Gasteiger partial charge is 0.185 e. The highest BCUT2D eigenvalue weighted by atomic mass is 79.9. The van der Waals surface area contributed by atoms with Crippen molar-refractivity contribution in [3.63, 3.8) is 0 Å². The van der Waals surface area contributed by atoms with Crippen LogP contribution in [0.4, 0.5) is 0 Å². The summed E-state index contributed by atoms with van der Waals surface area (Å²) >= 11 is 3.44. The van der Waals surface area contributed by atoms with Gasteiger partial charge in [-0.1, -0.05) is 34.1 Å². The second-order valence-electron chi connectivity index (χ2n) is 6.24. The number of ether oxygens (including phenoxy) is 3. The van der Waals surface area contributed by atoms with E-state index < -0.39 is 0 Å². The Morgan fingerprint density at radius 1 is 0.931 bits per heavy atom. The molecule has 4 nitrogen and oxygen atoms in total. The van der Waals surface area contributed by atoms with Crippen LogP contribution in [0.15, 0.2) is 77.3 Å². The Morgan fingerprint density at radius 3 is 2.41 bits per heavy atom. The normalized spacial score (nSPS) is 10.7. The molecule has 0 N–H and O–H groups in total. The summed E-state index contributed by atoms with van der Waals surface area (Å²) in [5, 5.41) is 0. The Kier molecular flexibility index (Phi) is 7.09. The van der Waals surface area contributed by atoms with E-state index in [0.29, 0.717) is 12.2 Å². The molecule has 0 bridgehead atoms. The van der Waals surface area contributed by atoms with E-state index >= 15 is 0 Å². The predicted molar refractivity (Wildman–Crippen MR) is 118 cm³/mol. The topological polar surface area (TPSA) is 44.8 Å². The standard InChI is InChI=1S/C24H21BrO4/c1-27-21-10-8-18(9-11-21)23(26)12-6-17-7-13-24(28-2)19(14-17)16-29-22-5-3-4-20(25)15-22/h3-15H,16H2,1-2H3/b12-6+. The monoisotopic (exact) mass is 452 g/mol. The lowest BCUT2D eigenvalue weighted by atomic mass is 10.1. The Bertz CT molecular complexity index is 1010. The Morgan fingerprint density at radius 2 is 1.72 bits per heavy atom. The first kappa shape index (κ1) is 20.7. The largest absolute Gasteiger partial charge is 0.497 e. The SMILES string of the molecule is COc1ccc(C(=O)/C=C/c2ccc(OC)c(COc3cccc(Br)c3)c2)cc1. The van der Waals surface area contributed by atoms with Gasteiger partial charge in [0.2, 0.25) is 0 Å². The van der Waals surface area contributed by atoms with E-state index in [9.17, 15) is 4.79 Å². The average molecular weight is 453 g/mol. The maximum Gasteiger partial charge on any atom is 0.185 e. The summed E-state index contributed by atoms with van der Waals surface area (Å²) in [6, 6.07) is 20.4. The molecule has 29 heavy (non-hydrogen) atoms. The van der Waals surface area contributed by atoms with E-state index in [4.69, 9.17) is 14.2 Å². The van der Waals surface area contributed by atoms with Crippen LogP contribution >= 0.6 is 15.9 Å². The summed E-state index contributed by atoms with van der Waals surface area (Å²) in [4.78, 5) is 12.4. The second-order valence-corrected chi connectivity index (χ2v) is 7.16. The Labute approximate surface area is 178 Å². The van der Waals surface area contributed by atoms with Crippen LogP contribution in [0, 0.1) is 0 Å². The van der Waals surface area contributed by atoms with Crippen LogP contribution in [0.3, 0.4) is 0 Å². The van der Waals surface area contributed by atoms with Crippen molar-refractivity contribution >= 4 is 27.8 Å². The first-order chi connectivity index (χ1) is 14.1. The number of rotatable bonds is 8. The molecular formula is C24H21BrO4. The molecule has 3 rings (SSSR count). The molecule has 0 atom stereocenters. The van der Waals surface area contributed by atoms with E-state index in [1.165, 1.54) is 0 Å². The van der Waals surface area contributed by atoms with Gasteiger partial charge in [0.1, 0.15) is 23.9 Å². The fraction of sp³-hybridized carbons (Fsp3) is 0.125. The molecule has 0 spiro atoms. The molecule has 0 radical (unpaired) electrons. The maximum atomic E-state index is 12.4. The number of halogens is 1. The summed E-state index contributed by atoms with van der Waals surface area (Å²) in [7, 11) is 3.22. The molecule has 0 saturated carbocycles. The second kappa shape index (κ2) is 9.94. The van der Waals surface area contributed by atoms with Crippen LogP contribution in [0.25, 0.3) is 6.08 Å². The molecule has 0 aliphatic carbocycles. The average Bonchev–Trinajstić information content (AvgIpc) is 2.76. The van der Waals surface area contributed by atoms with Gasteiger partial charge in [-0.15, -0.1) is 0 Å². The highest BCUT2D eigenvalue weighted by molar-refractivity contribution is 9.10. The van der Waals surface area contributed by atoms with Crippen molar-refractivity contribution in [1.82, 2.24) is 0 Å². The van der Waals surface area contributed by atoms with E-state index in [-0.39, 0.29) is 5.78 Å². The Balaban J connectivity index is 1.73. The molecule has 0 aliphatic rings. The molecule has 0 unspecified atom stereocenters. The van der Waals surface area contributed by atoms with Crippen molar-refractivity contribution < 1.29 is 19.0 Å². The molecule has 3 aromatic carbocycles. The molecule has 0 aromatic heterocycles. The van der Waals surface area contributed by atoms with Crippen molar-refractivity contribution in [2.75, 3.05) is 14.2 Å². The van der Waals surface area contributed by atoms with Crippen molar-refractivity contribution in [2.45, 2.75) is 6.61 Å². The molecule has 0 heterocycles. The van der Waals surface area contributed by atoms with Crippen LogP contribution < -0.4 is 14.2 Å². The fourth-order valence-corrected chi connectivity index (χ4v) is 3.13. The summed E-state index contributed by atoms with van der Waals surface area (Å²) in [6.45, 7) is 0.355. The zero-order chi connectivity index (χ0) is 20.6. The third-order valence-corrected chi connectivity index (χ3v) is 4.79. The van der Waals surface area contributed by atoms with Crippen molar-refractivity contribution in [3.8, 4) is 17.2 Å². The molecule has 5 heteroatoms. The van der Waals surface area contributed by atoms with Gasteiger partial charge >= 0.3 is 0 Å². The first-order valence-electron chi connectivity index (χ1n) is 9.01. The molecule has 0 fully saturated rings. The lowest BCUT2D eigenvalue weighted by Gasteiger charge is -2.11. The Hall–Kier alpha value is -3.05. The van der Waals surface area contributed by atoms with Crippen LogP contribution in [-0.2, 0) is 6.61 Å². The van der Waals surface area contributed by atoms with Crippen molar-refractivity contribution in [3.05, 3.63) is 94.0 Å². The van der Waals surface area contributed by atoms with E-state index in [0.717, 1.165) is 32.8 Å². The van der Waals surface area contributed by atoms with E-state index in [2.05, 4.69) is 15.9 Å². The molecule has 148 valence electrons. The van der Waals surface area contributed by atoms with Gasteiger partial charge < -0.3 is 14.2 Å².